The number of nitrogens with one attached hydrogen (secondary N) is 1. The highest BCUT2D eigenvalue weighted by atomic mass is 16.2. The van der Waals surface area contributed by atoms with Crippen LogP contribution < -0.4 is 5.32 Å². The van der Waals surface area contributed by atoms with Gasteiger partial charge in [-0.2, -0.15) is 0 Å². The Kier molecular flexibility index (Phi) is 4.34. The fraction of sp³-hybridized carbons (Fsp3) is 0.409. The minimum absolute atomic E-state index is 0.231. The van der Waals surface area contributed by atoms with Crippen LogP contribution in [0.15, 0.2) is 48.5 Å². The Morgan fingerprint density at radius 2 is 1.76 bits per heavy atom. The lowest BCUT2D eigenvalue weighted by Crippen LogP contribution is -2.42. The van der Waals surface area contributed by atoms with Gasteiger partial charge in [0, 0.05) is 19.6 Å². The summed E-state index contributed by atoms with van der Waals surface area (Å²) in [7, 11) is 0. The number of rotatable bonds is 3. The van der Waals surface area contributed by atoms with Crippen molar-refractivity contribution in [3.8, 4) is 0 Å². The lowest BCUT2D eigenvalue weighted by molar-refractivity contribution is -0.130. The number of hydrogen-bond donors (Lipinski definition) is 1. The third kappa shape index (κ3) is 3.09. The third-order valence-corrected chi connectivity index (χ3v) is 5.89. The van der Waals surface area contributed by atoms with Gasteiger partial charge in [-0.3, -0.25) is 9.69 Å². The van der Waals surface area contributed by atoms with E-state index in [0.29, 0.717) is 6.54 Å². The van der Waals surface area contributed by atoms with E-state index in [0.717, 1.165) is 38.9 Å². The first-order valence-corrected chi connectivity index (χ1v) is 9.34. The Bertz CT molecular complexity index is 785. The molecule has 2 aromatic carbocycles. The minimum atomic E-state index is -0.270. The first kappa shape index (κ1) is 16.3. The molecule has 1 spiro atoms. The molecule has 2 heterocycles. The lowest BCUT2D eigenvalue weighted by atomic mass is 9.80. The van der Waals surface area contributed by atoms with E-state index in [1.165, 1.54) is 22.3 Å². The zero-order valence-corrected chi connectivity index (χ0v) is 14.9. The molecular weight excluding hydrogens is 308 g/mol. The molecule has 0 aromatic heterocycles. The molecule has 2 aliphatic rings. The monoisotopic (exact) mass is 334 g/mol. The maximum Gasteiger partial charge on any atom is 0.228 e. The summed E-state index contributed by atoms with van der Waals surface area (Å²) in [6.07, 6.45) is 2.87. The van der Waals surface area contributed by atoms with E-state index in [2.05, 4.69) is 65.7 Å². The SMILES string of the molecule is CCc1ccccc1CN1CCC2(Cc3ccccc3CNC2=O)C1. The van der Waals surface area contributed by atoms with Crippen molar-refractivity contribution in [1.82, 2.24) is 10.2 Å². The maximum absolute atomic E-state index is 12.9. The van der Waals surface area contributed by atoms with Gasteiger partial charge in [0.05, 0.1) is 5.41 Å². The van der Waals surface area contributed by atoms with E-state index in [4.69, 9.17) is 0 Å². The van der Waals surface area contributed by atoms with Crippen LogP contribution in [-0.2, 0) is 30.7 Å². The highest BCUT2D eigenvalue weighted by Crippen LogP contribution is 2.37. The molecule has 0 aliphatic carbocycles. The highest BCUT2D eigenvalue weighted by molar-refractivity contribution is 5.84. The van der Waals surface area contributed by atoms with Crippen LogP contribution in [0.4, 0.5) is 0 Å². The van der Waals surface area contributed by atoms with Crippen molar-refractivity contribution in [2.75, 3.05) is 13.1 Å². The second-order valence-corrected chi connectivity index (χ2v) is 7.49. The zero-order chi connectivity index (χ0) is 17.3. The number of carbonyl (C=O) groups excluding carboxylic acids is 1. The Morgan fingerprint density at radius 3 is 2.56 bits per heavy atom. The normalized spacial score (nSPS) is 23.3. The summed E-state index contributed by atoms with van der Waals surface area (Å²) in [6, 6.07) is 17.2. The number of amides is 1. The zero-order valence-electron chi connectivity index (χ0n) is 14.9. The average Bonchev–Trinajstić information content (AvgIpc) is 2.98. The summed E-state index contributed by atoms with van der Waals surface area (Å²) in [4.78, 5) is 15.4. The summed E-state index contributed by atoms with van der Waals surface area (Å²) in [5.41, 5.74) is 5.14. The van der Waals surface area contributed by atoms with Crippen LogP contribution in [0.1, 0.15) is 35.6 Å². The fourth-order valence-corrected chi connectivity index (χ4v) is 4.43. The molecule has 3 nitrogen and oxygen atoms in total. The standard InChI is InChI=1S/C22H26N2O/c1-2-17-7-3-6-10-20(17)15-24-12-11-22(16-24)13-18-8-4-5-9-19(18)14-23-21(22)25/h3-10H,2,11-16H2,1H3,(H,23,25). The number of hydrogen-bond acceptors (Lipinski definition) is 2. The molecule has 4 rings (SSSR count). The van der Waals surface area contributed by atoms with E-state index in [9.17, 15) is 4.79 Å². The van der Waals surface area contributed by atoms with Gasteiger partial charge in [0.2, 0.25) is 5.91 Å². The molecular formula is C22H26N2O. The van der Waals surface area contributed by atoms with E-state index in [1.54, 1.807) is 0 Å². The summed E-state index contributed by atoms with van der Waals surface area (Å²) in [5, 5.41) is 3.17. The van der Waals surface area contributed by atoms with E-state index < -0.39 is 0 Å². The van der Waals surface area contributed by atoms with Gasteiger partial charge in [0.15, 0.2) is 0 Å². The topological polar surface area (TPSA) is 32.3 Å². The smallest absolute Gasteiger partial charge is 0.228 e. The third-order valence-electron chi connectivity index (χ3n) is 5.89. The fourth-order valence-electron chi connectivity index (χ4n) is 4.43. The molecule has 1 amide bonds. The molecule has 3 heteroatoms. The van der Waals surface area contributed by atoms with Crippen LogP contribution in [-0.4, -0.2) is 23.9 Å². The van der Waals surface area contributed by atoms with E-state index >= 15 is 0 Å². The molecule has 25 heavy (non-hydrogen) atoms. The summed E-state index contributed by atoms with van der Waals surface area (Å²) < 4.78 is 0. The first-order valence-electron chi connectivity index (χ1n) is 9.34. The van der Waals surface area contributed by atoms with Crippen molar-refractivity contribution in [2.45, 2.75) is 39.3 Å². The van der Waals surface area contributed by atoms with Crippen molar-refractivity contribution >= 4 is 5.91 Å². The summed E-state index contributed by atoms with van der Waals surface area (Å²) in [5.74, 6) is 0.231. The quantitative estimate of drug-likeness (QED) is 0.934. The Labute approximate surface area is 150 Å². The largest absolute Gasteiger partial charge is 0.351 e. The van der Waals surface area contributed by atoms with Crippen LogP contribution in [0.2, 0.25) is 0 Å². The average molecular weight is 334 g/mol. The molecule has 0 saturated carbocycles. The van der Waals surface area contributed by atoms with Crippen LogP contribution in [0, 0.1) is 5.41 Å². The Hall–Kier alpha value is -2.13. The lowest BCUT2D eigenvalue weighted by Gasteiger charge is -2.27. The number of likely N-dealkylation sites (tertiary alicyclic amines) is 1. The number of carbonyl (C=O) groups is 1. The van der Waals surface area contributed by atoms with Gasteiger partial charge >= 0.3 is 0 Å². The summed E-state index contributed by atoms with van der Waals surface area (Å²) in [6.45, 7) is 5.66. The van der Waals surface area contributed by atoms with Gasteiger partial charge in [-0.05, 0) is 48.1 Å². The predicted molar refractivity (Wildman–Crippen MR) is 100 cm³/mol. The maximum atomic E-state index is 12.9. The second kappa shape index (κ2) is 6.64. The van der Waals surface area contributed by atoms with Crippen LogP contribution in [0.25, 0.3) is 0 Å². The Balaban J connectivity index is 1.55. The van der Waals surface area contributed by atoms with Crippen molar-refractivity contribution < 1.29 is 4.79 Å². The molecule has 1 N–H and O–H groups in total. The highest BCUT2D eigenvalue weighted by Gasteiger charge is 2.45. The molecule has 1 atom stereocenters. The van der Waals surface area contributed by atoms with Crippen molar-refractivity contribution in [1.29, 1.82) is 0 Å². The van der Waals surface area contributed by atoms with Crippen molar-refractivity contribution in [2.24, 2.45) is 5.41 Å². The molecule has 130 valence electrons. The van der Waals surface area contributed by atoms with Crippen molar-refractivity contribution in [3.63, 3.8) is 0 Å². The van der Waals surface area contributed by atoms with Crippen LogP contribution in [0.5, 0.6) is 0 Å². The van der Waals surface area contributed by atoms with Crippen molar-refractivity contribution in [3.05, 3.63) is 70.8 Å². The molecule has 1 unspecified atom stereocenters. The molecule has 2 aliphatic heterocycles. The van der Waals surface area contributed by atoms with Gasteiger partial charge in [0.1, 0.15) is 0 Å². The van der Waals surface area contributed by atoms with Gasteiger partial charge in [0.25, 0.3) is 0 Å². The first-order chi connectivity index (χ1) is 12.2. The van der Waals surface area contributed by atoms with Gasteiger partial charge < -0.3 is 5.32 Å². The number of aryl methyl sites for hydroxylation is 1. The summed E-state index contributed by atoms with van der Waals surface area (Å²) >= 11 is 0. The molecule has 2 aromatic rings. The molecule has 1 fully saturated rings. The molecule has 1 saturated heterocycles. The number of benzene rings is 2. The second-order valence-electron chi connectivity index (χ2n) is 7.49. The van der Waals surface area contributed by atoms with Crippen LogP contribution >= 0.6 is 0 Å². The van der Waals surface area contributed by atoms with Gasteiger partial charge in [-0.15, -0.1) is 0 Å². The number of fused-ring (bicyclic) bond motifs is 1. The predicted octanol–water partition coefficient (Wildman–Crippen LogP) is 3.31. The van der Waals surface area contributed by atoms with Crippen LogP contribution in [0.3, 0.4) is 0 Å². The molecule has 0 radical (unpaired) electrons. The Morgan fingerprint density at radius 1 is 1.04 bits per heavy atom. The van der Waals surface area contributed by atoms with E-state index in [1.807, 2.05) is 0 Å². The van der Waals surface area contributed by atoms with Gasteiger partial charge in [-0.25, -0.2) is 0 Å². The van der Waals surface area contributed by atoms with E-state index in [-0.39, 0.29) is 11.3 Å². The molecule has 0 bridgehead atoms. The van der Waals surface area contributed by atoms with Gasteiger partial charge in [-0.1, -0.05) is 55.5 Å². The minimum Gasteiger partial charge on any atom is -0.351 e. The number of nitrogens with zero attached hydrogens (tertiary/aromatic N) is 1.